The molecule has 1 aliphatic rings. The SMILES string of the molecule is C=C(NC1CCN(CC(C)(C)F)CC1)C(=C)c1cc(-c2cnn(CC)c2)ccc1NC. The molecule has 0 amide bonds. The molecule has 6 heteroatoms. The summed E-state index contributed by atoms with van der Waals surface area (Å²) in [5, 5.41) is 11.2. The van der Waals surface area contributed by atoms with Gasteiger partial charge in [0, 0.05) is 68.0 Å². The summed E-state index contributed by atoms with van der Waals surface area (Å²) in [6.07, 6.45) is 5.89. The highest BCUT2D eigenvalue weighted by Gasteiger charge is 2.25. The van der Waals surface area contributed by atoms with Crippen LogP contribution in [0.3, 0.4) is 0 Å². The molecule has 0 radical (unpaired) electrons. The van der Waals surface area contributed by atoms with Crippen LogP contribution < -0.4 is 10.6 Å². The van der Waals surface area contributed by atoms with Crippen molar-refractivity contribution in [2.75, 3.05) is 32.0 Å². The van der Waals surface area contributed by atoms with Crippen molar-refractivity contribution in [3.05, 3.63) is 55.0 Å². The molecule has 0 saturated carbocycles. The molecule has 0 aliphatic carbocycles. The summed E-state index contributed by atoms with van der Waals surface area (Å²) in [4.78, 5) is 2.20. The third-order valence-corrected chi connectivity index (χ3v) is 5.83. The first kappa shape index (κ1) is 23.1. The van der Waals surface area contributed by atoms with Crippen molar-refractivity contribution < 1.29 is 4.39 Å². The normalized spacial score (nSPS) is 15.6. The molecular formula is C25H36FN5. The van der Waals surface area contributed by atoms with Gasteiger partial charge in [-0.2, -0.15) is 5.10 Å². The minimum atomic E-state index is -1.15. The Morgan fingerprint density at radius 3 is 2.52 bits per heavy atom. The highest BCUT2D eigenvalue weighted by atomic mass is 19.1. The fourth-order valence-corrected chi connectivity index (χ4v) is 4.14. The van der Waals surface area contributed by atoms with Crippen molar-refractivity contribution in [2.24, 2.45) is 0 Å². The lowest BCUT2D eigenvalue weighted by atomic mass is 9.96. The number of nitrogens with zero attached hydrogens (tertiary/aromatic N) is 3. The first-order valence-corrected chi connectivity index (χ1v) is 11.1. The fraction of sp³-hybridized carbons (Fsp3) is 0.480. The molecule has 2 aromatic rings. The largest absolute Gasteiger partial charge is 0.388 e. The number of benzene rings is 1. The van der Waals surface area contributed by atoms with Crippen LogP contribution in [0.1, 0.15) is 39.2 Å². The van der Waals surface area contributed by atoms with E-state index in [9.17, 15) is 4.39 Å². The Balaban J connectivity index is 1.67. The summed E-state index contributed by atoms with van der Waals surface area (Å²) < 4.78 is 15.9. The first-order valence-electron chi connectivity index (χ1n) is 11.1. The molecule has 168 valence electrons. The number of aryl methyl sites for hydroxylation is 1. The predicted octanol–water partition coefficient (Wildman–Crippen LogP) is 4.94. The standard InChI is InChI=1S/C25H36FN5/c1-7-31-16-21(15-28-31)20-8-9-24(27-6)23(14-20)18(2)19(3)29-22-10-12-30(13-11-22)17-25(4,5)26/h8-9,14-16,22,27,29H,2-3,7,10-13,17H2,1,4-6H3. The van der Waals surface area contributed by atoms with Crippen LogP contribution in [-0.4, -0.2) is 53.1 Å². The molecule has 1 aliphatic heterocycles. The van der Waals surface area contributed by atoms with Gasteiger partial charge in [-0.25, -0.2) is 4.39 Å². The van der Waals surface area contributed by atoms with E-state index < -0.39 is 5.67 Å². The van der Waals surface area contributed by atoms with Crippen LogP contribution in [0.5, 0.6) is 0 Å². The Labute approximate surface area is 186 Å². The molecule has 0 unspecified atom stereocenters. The quantitative estimate of drug-likeness (QED) is 0.559. The fourth-order valence-electron chi connectivity index (χ4n) is 4.14. The number of anilines is 1. The van der Waals surface area contributed by atoms with E-state index >= 15 is 0 Å². The van der Waals surface area contributed by atoms with E-state index in [0.29, 0.717) is 12.6 Å². The topological polar surface area (TPSA) is 45.1 Å². The highest BCUT2D eigenvalue weighted by Crippen LogP contribution is 2.32. The molecule has 1 aromatic heterocycles. The van der Waals surface area contributed by atoms with E-state index in [2.05, 4.69) is 65.1 Å². The van der Waals surface area contributed by atoms with E-state index in [1.54, 1.807) is 13.8 Å². The molecule has 1 saturated heterocycles. The molecule has 2 heterocycles. The molecule has 5 nitrogen and oxygen atoms in total. The van der Waals surface area contributed by atoms with Gasteiger partial charge in [0.1, 0.15) is 5.67 Å². The van der Waals surface area contributed by atoms with Gasteiger partial charge in [-0.1, -0.05) is 19.2 Å². The maximum atomic E-state index is 13.9. The molecule has 31 heavy (non-hydrogen) atoms. The number of aromatic nitrogens is 2. The van der Waals surface area contributed by atoms with Crippen LogP contribution in [0.15, 0.2) is 49.4 Å². The third-order valence-electron chi connectivity index (χ3n) is 5.83. The van der Waals surface area contributed by atoms with Crippen LogP contribution in [0.4, 0.5) is 10.1 Å². The molecule has 3 rings (SSSR count). The summed E-state index contributed by atoms with van der Waals surface area (Å²) in [7, 11) is 1.92. The van der Waals surface area contributed by atoms with Crippen LogP contribution in [0.2, 0.25) is 0 Å². The number of likely N-dealkylation sites (tertiary alicyclic amines) is 1. The number of piperidine rings is 1. The number of hydrogen-bond acceptors (Lipinski definition) is 4. The van der Waals surface area contributed by atoms with Gasteiger partial charge in [0.05, 0.1) is 6.20 Å². The van der Waals surface area contributed by atoms with Crippen LogP contribution >= 0.6 is 0 Å². The van der Waals surface area contributed by atoms with E-state index in [-0.39, 0.29) is 0 Å². The Morgan fingerprint density at radius 1 is 1.23 bits per heavy atom. The van der Waals surface area contributed by atoms with E-state index in [4.69, 9.17) is 0 Å². The molecule has 0 spiro atoms. The van der Waals surface area contributed by atoms with Gasteiger partial charge < -0.3 is 15.5 Å². The smallest absolute Gasteiger partial charge is 0.118 e. The number of hydrogen-bond donors (Lipinski definition) is 2. The zero-order valence-corrected chi connectivity index (χ0v) is 19.3. The van der Waals surface area contributed by atoms with Gasteiger partial charge >= 0.3 is 0 Å². The van der Waals surface area contributed by atoms with Gasteiger partial charge in [-0.3, -0.25) is 4.68 Å². The number of alkyl halides is 1. The van der Waals surface area contributed by atoms with Crippen molar-refractivity contribution in [1.82, 2.24) is 20.0 Å². The lowest BCUT2D eigenvalue weighted by Gasteiger charge is -2.35. The van der Waals surface area contributed by atoms with Crippen LogP contribution in [-0.2, 0) is 6.54 Å². The Kier molecular flexibility index (Phi) is 7.21. The monoisotopic (exact) mass is 425 g/mol. The second-order valence-electron chi connectivity index (χ2n) is 8.97. The van der Waals surface area contributed by atoms with Crippen molar-refractivity contribution in [1.29, 1.82) is 0 Å². The van der Waals surface area contributed by atoms with Gasteiger partial charge in [-0.05, 0) is 56.9 Å². The zero-order chi connectivity index (χ0) is 22.6. The van der Waals surface area contributed by atoms with E-state index in [0.717, 1.165) is 66.1 Å². The average molecular weight is 426 g/mol. The molecular weight excluding hydrogens is 389 g/mol. The summed E-state index contributed by atoms with van der Waals surface area (Å²) in [6.45, 7) is 17.1. The number of allylic oxidation sites excluding steroid dienone is 1. The zero-order valence-electron chi connectivity index (χ0n) is 19.3. The van der Waals surface area contributed by atoms with Gasteiger partial charge in [0.25, 0.3) is 0 Å². The second-order valence-corrected chi connectivity index (χ2v) is 8.97. The minimum absolute atomic E-state index is 0.326. The van der Waals surface area contributed by atoms with Crippen LogP contribution in [0, 0.1) is 0 Å². The molecule has 0 atom stereocenters. The minimum Gasteiger partial charge on any atom is -0.388 e. The molecule has 0 bridgehead atoms. The van der Waals surface area contributed by atoms with Crippen molar-refractivity contribution in [3.63, 3.8) is 0 Å². The van der Waals surface area contributed by atoms with Gasteiger partial charge in [-0.15, -0.1) is 0 Å². The Morgan fingerprint density at radius 2 is 1.94 bits per heavy atom. The first-order chi connectivity index (χ1) is 14.7. The van der Waals surface area contributed by atoms with Crippen molar-refractivity contribution in [3.8, 4) is 11.1 Å². The summed E-state index contributed by atoms with van der Waals surface area (Å²) in [5.74, 6) is 0. The van der Waals surface area contributed by atoms with E-state index in [1.165, 1.54) is 0 Å². The van der Waals surface area contributed by atoms with Crippen molar-refractivity contribution in [2.45, 2.75) is 51.9 Å². The van der Waals surface area contributed by atoms with Gasteiger partial charge in [0.15, 0.2) is 0 Å². The summed E-state index contributed by atoms with van der Waals surface area (Å²) in [6, 6.07) is 6.64. The lowest BCUT2D eigenvalue weighted by molar-refractivity contribution is 0.103. The highest BCUT2D eigenvalue weighted by molar-refractivity contribution is 5.86. The lowest BCUT2D eigenvalue weighted by Crippen LogP contribution is -2.45. The average Bonchev–Trinajstić information content (AvgIpc) is 3.22. The maximum Gasteiger partial charge on any atom is 0.118 e. The maximum absolute atomic E-state index is 13.9. The molecule has 2 N–H and O–H groups in total. The van der Waals surface area contributed by atoms with Gasteiger partial charge in [0.2, 0.25) is 0 Å². The molecule has 1 fully saturated rings. The second kappa shape index (κ2) is 9.69. The van der Waals surface area contributed by atoms with Crippen LogP contribution in [0.25, 0.3) is 16.7 Å². The third kappa shape index (κ3) is 5.97. The summed E-state index contributed by atoms with van der Waals surface area (Å²) >= 11 is 0. The Hall–Kier alpha value is -2.60. The number of halogens is 1. The summed E-state index contributed by atoms with van der Waals surface area (Å²) in [5.41, 5.74) is 4.78. The predicted molar refractivity (Wildman–Crippen MR) is 129 cm³/mol. The number of nitrogens with one attached hydrogen (secondary N) is 2. The Bertz CT molecular complexity index is 916. The van der Waals surface area contributed by atoms with Crippen molar-refractivity contribution >= 4 is 11.3 Å². The van der Waals surface area contributed by atoms with E-state index in [1.807, 2.05) is 17.9 Å². The number of rotatable bonds is 9. The molecule has 1 aromatic carbocycles.